The van der Waals surface area contributed by atoms with Crippen LogP contribution >= 0.6 is 23.2 Å². The summed E-state index contributed by atoms with van der Waals surface area (Å²) < 4.78 is 5.30. The quantitative estimate of drug-likeness (QED) is 0.401. The highest BCUT2D eigenvalue weighted by molar-refractivity contribution is 6.35. The van der Waals surface area contributed by atoms with Crippen molar-refractivity contribution in [3.8, 4) is 5.75 Å². The van der Waals surface area contributed by atoms with Crippen molar-refractivity contribution in [2.75, 3.05) is 17.7 Å². The molecule has 0 bridgehead atoms. The van der Waals surface area contributed by atoms with Crippen LogP contribution in [0.1, 0.15) is 5.56 Å². The van der Waals surface area contributed by atoms with Crippen LogP contribution in [-0.2, 0) is 0 Å². The van der Waals surface area contributed by atoms with E-state index in [2.05, 4.69) is 20.6 Å². The molecular formula is C18H15Cl2N5O3. The van der Waals surface area contributed by atoms with Crippen LogP contribution in [0.25, 0.3) is 0 Å². The number of methoxy groups -OCH3 is 1. The molecule has 2 aromatic carbocycles. The number of benzene rings is 2. The Morgan fingerprint density at radius 1 is 1.04 bits per heavy atom. The van der Waals surface area contributed by atoms with Crippen LogP contribution in [0, 0.1) is 17.0 Å². The van der Waals surface area contributed by atoms with Crippen molar-refractivity contribution in [3.05, 3.63) is 68.4 Å². The average Bonchev–Trinajstić information content (AvgIpc) is 2.61. The minimum absolute atomic E-state index is 0.00699. The van der Waals surface area contributed by atoms with Gasteiger partial charge in [0.2, 0.25) is 11.6 Å². The zero-order valence-corrected chi connectivity index (χ0v) is 16.4. The summed E-state index contributed by atoms with van der Waals surface area (Å²) in [7, 11) is 1.51. The molecule has 2 N–H and O–H groups in total. The van der Waals surface area contributed by atoms with Gasteiger partial charge in [0.05, 0.1) is 17.7 Å². The Labute approximate surface area is 170 Å². The molecule has 10 heteroatoms. The van der Waals surface area contributed by atoms with Gasteiger partial charge in [-0.05, 0) is 42.8 Å². The summed E-state index contributed by atoms with van der Waals surface area (Å²) in [4.78, 5) is 19.2. The van der Waals surface area contributed by atoms with Gasteiger partial charge in [0.15, 0.2) is 0 Å². The van der Waals surface area contributed by atoms with Crippen molar-refractivity contribution in [2.24, 2.45) is 0 Å². The van der Waals surface area contributed by atoms with Gasteiger partial charge in [0.1, 0.15) is 12.1 Å². The predicted molar refractivity (Wildman–Crippen MR) is 109 cm³/mol. The monoisotopic (exact) mass is 419 g/mol. The van der Waals surface area contributed by atoms with Gasteiger partial charge in [0.25, 0.3) is 0 Å². The first-order chi connectivity index (χ1) is 13.4. The van der Waals surface area contributed by atoms with E-state index in [1.165, 1.54) is 13.4 Å². The first-order valence-electron chi connectivity index (χ1n) is 8.01. The Balaban J connectivity index is 2.03. The molecule has 0 saturated carbocycles. The molecule has 0 atom stereocenters. The maximum absolute atomic E-state index is 11.7. The largest absolute Gasteiger partial charge is 0.495 e. The van der Waals surface area contributed by atoms with E-state index in [0.717, 1.165) is 5.56 Å². The van der Waals surface area contributed by atoms with E-state index < -0.39 is 4.92 Å². The van der Waals surface area contributed by atoms with E-state index >= 15 is 0 Å². The van der Waals surface area contributed by atoms with Crippen LogP contribution in [0.4, 0.5) is 28.7 Å². The number of nitrogens with zero attached hydrogens (tertiary/aromatic N) is 3. The molecule has 0 aliphatic carbocycles. The van der Waals surface area contributed by atoms with Crippen molar-refractivity contribution in [3.63, 3.8) is 0 Å². The van der Waals surface area contributed by atoms with Crippen LogP contribution in [-0.4, -0.2) is 22.0 Å². The van der Waals surface area contributed by atoms with Gasteiger partial charge < -0.3 is 15.4 Å². The summed E-state index contributed by atoms with van der Waals surface area (Å²) in [6.45, 7) is 1.90. The van der Waals surface area contributed by atoms with E-state index in [9.17, 15) is 10.1 Å². The Bertz CT molecular complexity index is 1030. The Morgan fingerprint density at radius 2 is 1.68 bits per heavy atom. The summed E-state index contributed by atoms with van der Waals surface area (Å²) in [5, 5.41) is 18.3. The lowest BCUT2D eigenvalue weighted by atomic mass is 10.2. The molecule has 0 amide bonds. The second kappa shape index (κ2) is 8.28. The second-order valence-electron chi connectivity index (χ2n) is 5.79. The molecule has 144 valence electrons. The average molecular weight is 420 g/mol. The third-order valence-electron chi connectivity index (χ3n) is 3.74. The molecule has 0 radical (unpaired) electrons. The number of anilines is 4. The highest BCUT2D eigenvalue weighted by Gasteiger charge is 2.24. The van der Waals surface area contributed by atoms with Gasteiger partial charge >= 0.3 is 5.69 Å². The number of hydrogen-bond acceptors (Lipinski definition) is 7. The first-order valence-corrected chi connectivity index (χ1v) is 8.77. The molecule has 8 nitrogen and oxygen atoms in total. The predicted octanol–water partition coefficient (Wildman–Crippen LogP) is 5.50. The number of ether oxygens (including phenoxy) is 1. The number of halogens is 2. The number of aryl methyl sites for hydroxylation is 1. The fourth-order valence-corrected chi connectivity index (χ4v) is 3.07. The Hall–Kier alpha value is -3.10. The molecule has 1 aromatic heterocycles. The lowest BCUT2D eigenvalue weighted by molar-refractivity contribution is -0.383. The van der Waals surface area contributed by atoms with Gasteiger partial charge in [-0.3, -0.25) is 10.1 Å². The fourth-order valence-electron chi connectivity index (χ4n) is 2.54. The van der Waals surface area contributed by atoms with Crippen molar-refractivity contribution < 1.29 is 9.66 Å². The summed E-state index contributed by atoms with van der Waals surface area (Å²) in [6, 6.07) is 10.1. The van der Waals surface area contributed by atoms with E-state index in [1.807, 2.05) is 13.0 Å². The highest BCUT2D eigenvalue weighted by Crippen LogP contribution is 2.36. The molecule has 3 aromatic rings. The minimum Gasteiger partial charge on any atom is -0.495 e. The van der Waals surface area contributed by atoms with Gasteiger partial charge in [-0.2, -0.15) is 0 Å². The van der Waals surface area contributed by atoms with Crippen LogP contribution in [0.2, 0.25) is 10.0 Å². The number of rotatable bonds is 6. The van der Waals surface area contributed by atoms with Gasteiger partial charge in [-0.1, -0.05) is 29.3 Å². The van der Waals surface area contributed by atoms with E-state index in [4.69, 9.17) is 27.9 Å². The van der Waals surface area contributed by atoms with Gasteiger partial charge in [-0.15, -0.1) is 0 Å². The molecule has 1 heterocycles. The lowest BCUT2D eigenvalue weighted by Crippen LogP contribution is -2.06. The van der Waals surface area contributed by atoms with Gasteiger partial charge in [0, 0.05) is 15.7 Å². The molecule has 0 aliphatic rings. The first kappa shape index (κ1) is 19.7. The second-order valence-corrected chi connectivity index (χ2v) is 6.66. The third-order valence-corrected chi connectivity index (χ3v) is 4.17. The standard InChI is InChI=1S/C18H15Cl2N5O3/c1-10-3-4-15(28-2)14(5-10)24-18-16(25(26)27)17(21-9-22-18)23-13-7-11(19)6-12(20)8-13/h3-9H,1-2H3,(H2,21,22,23,24). The van der Waals surface area contributed by atoms with Crippen molar-refractivity contribution >= 4 is 51.9 Å². The number of nitro groups is 1. The number of nitrogens with one attached hydrogen (secondary N) is 2. The summed E-state index contributed by atoms with van der Waals surface area (Å²) in [6.07, 6.45) is 1.21. The molecule has 0 fully saturated rings. The molecule has 0 saturated heterocycles. The van der Waals surface area contributed by atoms with Crippen molar-refractivity contribution in [1.82, 2.24) is 9.97 Å². The zero-order valence-electron chi connectivity index (χ0n) is 14.9. The SMILES string of the molecule is COc1ccc(C)cc1Nc1ncnc(Nc2cc(Cl)cc(Cl)c2)c1[N+](=O)[O-]. The van der Waals surface area contributed by atoms with Crippen LogP contribution in [0.15, 0.2) is 42.7 Å². The smallest absolute Gasteiger partial charge is 0.353 e. The maximum atomic E-state index is 11.7. The number of aromatic nitrogens is 2. The normalized spacial score (nSPS) is 10.4. The van der Waals surface area contributed by atoms with Crippen LogP contribution in [0.3, 0.4) is 0 Å². The Morgan fingerprint density at radius 3 is 2.29 bits per heavy atom. The topological polar surface area (TPSA) is 102 Å². The molecule has 0 aliphatic heterocycles. The van der Waals surface area contributed by atoms with Crippen molar-refractivity contribution in [1.29, 1.82) is 0 Å². The maximum Gasteiger partial charge on any atom is 0.353 e. The number of hydrogen-bond donors (Lipinski definition) is 2. The lowest BCUT2D eigenvalue weighted by Gasteiger charge is -2.13. The zero-order chi connectivity index (χ0) is 20.3. The highest BCUT2D eigenvalue weighted by atomic mass is 35.5. The fraction of sp³-hybridized carbons (Fsp3) is 0.111. The van der Waals surface area contributed by atoms with Crippen LogP contribution < -0.4 is 15.4 Å². The molecule has 0 unspecified atom stereocenters. The van der Waals surface area contributed by atoms with Gasteiger partial charge in [-0.25, -0.2) is 9.97 Å². The Kier molecular flexibility index (Phi) is 5.81. The summed E-state index contributed by atoms with van der Waals surface area (Å²) in [5.41, 5.74) is 1.62. The molecule has 3 rings (SSSR count). The van der Waals surface area contributed by atoms with E-state index in [-0.39, 0.29) is 17.3 Å². The van der Waals surface area contributed by atoms with Crippen molar-refractivity contribution in [2.45, 2.75) is 6.92 Å². The van der Waals surface area contributed by atoms with E-state index in [1.54, 1.807) is 30.3 Å². The molecule has 0 spiro atoms. The summed E-state index contributed by atoms with van der Waals surface area (Å²) in [5.74, 6) is 0.529. The third kappa shape index (κ3) is 4.41. The molecular weight excluding hydrogens is 405 g/mol. The summed E-state index contributed by atoms with van der Waals surface area (Å²) >= 11 is 12.0. The van der Waals surface area contributed by atoms with Crippen LogP contribution in [0.5, 0.6) is 5.75 Å². The minimum atomic E-state index is -0.570. The van der Waals surface area contributed by atoms with E-state index in [0.29, 0.717) is 27.2 Å². The molecule has 28 heavy (non-hydrogen) atoms.